The molecule has 98 valence electrons. The quantitative estimate of drug-likeness (QED) is 0.796. The largest absolute Gasteiger partial charge is 0.303 e. The van der Waals surface area contributed by atoms with Crippen LogP contribution in [0.1, 0.15) is 12.8 Å². The fraction of sp³-hybridized carbons (Fsp3) is 0.417. The highest BCUT2D eigenvalue weighted by molar-refractivity contribution is 9.10. The summed E-state index contributed by atoms with van der Waals surface area (Å²) in [6, 6.07) is 6.55. The van der Waals surface area contributed by atoms with Crippen LogP contribution in [0.3, 0.4) is 0 Å². The number of carbonyl (C=O) groups is 1. The van der Waals surface area contributed by atoms with Crippen LogP contribution >= 0.6 is 15.9 Å². The number of benzene rings is 1. The Labute approximate surface area is 115 Å². The van der Waals surface area contributed by atoms with Gasteiger partial charge in [-0.1, -0.05) is 15.9 Å². The van der Waals surface area contributed by atoms with Crippen molar-refractivity contribution < 1.29 is 13.2 Å². The van der Waals surface area contributed by atoms with E-state index in [2.05, 4.69) is 15.9 Å². The van der Waals surface area contributed by atoms with E-state index in [0.29, 0.717) is 13.1 Å². The lowest BCUT2D eigenvalue weighted by Crippen LogP contribution is -2.40. The highest BCUT2D eigenvalue weighted by Crippen LogP contribution is 2.23. The van der Waals surface area contributed by atoms with Gasteiger partial charge in [-0.25, -0.2) is 8.42 Å². The van der Waals surface area contributed by atoms with Crippen molar-refractivity contribution in [1.82, 2.24) is 4.31 Å². The summed E-state index contributed by atoms with van der Waals surface area (Å²) in [6.07, 6.45) is 2.36. The van der Waals surface area contributed by atoms with Gasteiger partial charge >= 0.3 is 0 Å². The molecule has 0 aromatic heterocycles. The minimum absolute atomic E-state index is 0.177. The van der Waals surface area contributed by atoms with Crippen molar-refractivity contribution in [3.63, 3.8) is 0 Å². The van der Waals surface area contributed by atoms with Gasteiger partial charge in [0.25, 0.3) is 0 Å². The molecule has 1 saturated heterocycles. The second-order valence-electron chi connectivity index (χ2n) is 4.36. The zero-order valence-corrected chi connectivity index (χ0v) is 12.2. The van der Waals surface area contributed by atoms with Crippen LogP contribution in [0.25, 0.3) is 0 Å². The Kier molecular flexibility index (Phi) is 4.19. The Bertz CT molecular complexity index is 527. The van der Waals surface area contributed by atoms with Crippen LogP contribution in [-0.2, 0) is 14.8 Å². The van der Waals surface area contributed by atoms with E-state index in [1.807, 2.05) is 0 Å². The number of aldehydes is 1. The second-order valence-corrected chi connectivity index (χ2v) is 7.21. The monoisotopic (exact) mass is 331 g/mol. The fourth-order valence-corrected chi connectivity index (χ4v) is 3.86. The van der Waals surface area contributed by atoms with Gasteiger partial charge in [-0.05, 0) is 37.1 Å². The minimum atomic E-state index is -3.47. The van der Waals surface area contributed by atoms with Crippen LogP contribution < -0.4 is 0 Å². The first kappa shape index (κ1) is 13.7. The predicted octanol–water partition coefficient (Wildman–Crippen LogP) is 2.05. The maximum Gasteiger partial charge on any atom is 0.243 e. The van der Waals surface area contributed by atoms with Crippen molar-refractivity contribution >= 4 is 32.2 Å². The molecule has 0 spiro atoms. The van der Waals surface area contributed by atoms with Gasteiger partial charge in [0, 0.05) is 23.5 Å². The first-order chi connectivity index (χ1) is 8.54. The molecule has 0 radical (unpaired) electrons. The van der Waals surface area contributed by atoms with Crippen molar-refractivity contribution in [2.75, 3.05) is 13.1 Å². The lowest BCUT2D eigenvalue weighted by Gasteiger charge is -2.29. The normalized spacial score (nSPS) is 21.7. The number of carbonyl (C=O) groups excluding carboxylic acids is 1. The molecule has 0 saturated carbocycles. The highest BCUT2D eigenvalue weighted by Gasteiger charge is 2.29. The van der Waals surface area contributed by atoms with Gasteiger partial charge in [0.1, 0.15) is 6.29 Å². The van der Waals surface area contributed by atoms with Crippen molar-refractivity contribution in [1.29, 1.82) is 0 Å². The minimum Gasteiger partial charge on any atom is -0.303 e. The lowest BCUT2D eigenvalue weighted by molar-refractivity contribution is -0.112. The summed E-state index contributed by atoms with van der Waals surface area (Å²) < 4.78 is 26.9. The molecule has 0 aliphatic carbocycles. The van der Waals surface area contributed by atoms with Crippen molar-refractivity contribution in [3.8, 4) is 0 Å². The molecule has 2 rings (SSSR count). The van der Waals surface area contributed by atoms with Gasteiger partial charge in [0.2, 0.25) is 10.0 Å². The van der Waals surface area contributed by atoms with E-state index >= 15 is 0 Å². The molecule has 1 atom stereocenters. The van der Waals surface area contributed by atoms with Gasteiger partial charge in [0.05, 0.1) is 4.90 Å². The summed E-state index contributed by atoms with van der Waals surface area (Å²) in [4.78, 5) is 11.1. The molecule has 1 aromatic carbocycles. The van der Waals surface area contributed by atoms with Gasteiger partial charge in [-0.3, -0.25) is 0 Å². The molecule has 0 N–H and O–H groups in total. The topological polar surface area (TPSA) is 54.5 Å². The summed E-state index contributed by atoms with van der Waals surface area (Å²) in [7, 11) is -3.47. The molecule has 1 aromatic rings. The fourth-order valence-electron chi connectivity index (χ4n) is 2.06. The molecule has 18 heavy (non-hydrogen) atoms. The Morgan fingerprint density at radius 1 is 1.28 bits per heavy atom. The van der Waals surface area contributed by atoms with E-state index in [1.54, 1.807) is 24.3 Å². The van der Waals surface area contributed by atoms with Crippen molar-refractivity contribution in [3.05, 3.63) is 28.7 Å². The molecular formula is C12H14BrNO3S. The first-order valence-electron chi connectivity index (χ1n) is 5.75. The number of halogens is 1. The molecule has 4 nitrogen and oxygen atoms in total. The van der Waals surface area contributed by atoms with Crippen molar-refractivity contribution in [2.45, 2.75) is 17.7 Å². The zero-order valence-electron chi connectivity index (χ0n) is 9.75. The summed E-state index contributed by atoms with van der Waals surface area (Å²) in [5.41, 5.74) is 0. The molecule has 1 fully saturated rings. The standard InChI is InChI=1S/C12H14BrNO3S/c13-11-3-5-12(6-4-11)18(16,17)14-7-1-2-10(8-14)9-15/h3-6,9-10H,1-2,7-8H2. The first-order valence-corrected chi connectivity index (χ1v) is 7.98. The summed E-state index contributed by atoms with van der Waals surface area (Å²) >= 11 is 3.27. The molecule has 1 unspecified atom stereocenters. The predicted molar refractivity (Wildman–Crippen MR) is 71.7 cm³/mol. The molecule has 0 amide bonds. The van der Waals surface area contributed by atoms with Gasteiger partial charge in [-0.2, -0.15) is 4.31 Å². The Morgan fingerprint density at radius 2 is 1.94 bits per heavy atom. The maximum atomic E-state index is 12.4. The van der Waals surface area contributed by atoms with E-state index < -0.39 is 10.0 Å². The van der Waals surface area contributed by atoms with Crippen LogP contribution in [0.4, 0.5) is 0 Å². The van der Waals surface area contributed by atoms with Crippen LogP contribution in [-0.4, -0.2) is 32.1 Å². The number of sulfonamides is 1. The molecule has 0 bridgehead atoms. The number of piperidine rings is 1. The molecule has 6 heteroatoms. The number of nitrogens with zero attached hydrogens (tertiary/aromatic N) is 1. The lowest BCUT2D eigenvalue weighted by atomic mass is 10.0. The Balaban J connectivity index is 2.25. The van der Waals surface area contributed by atoms with Gasteiger partial charge in [-0.15, -0.1) is 0 Å². The smallest absolute Gasteiger partial charge is 0.243 e. The summed E-state index contributed by atoms with van der Waals surface area (Å²) in [5, 5.41) is 0. The third-order valence-electron chi connectivity index (χ3n) is 3.06. The Morgan fingerprint density at radius 3 is 2.56 bits per heavy atom. The average Bonchev–Trinajstić information content (AvgIpc) is 2.39. The molecule has 1 heterocycles. The highest BCUT2D eigenvalue weighted by atomic mass is 79.9. The molecule has 1 aliphatic rings. The zero-order chi connectivity index (χ0) is 13.2. The van der Waals surface area contributed by atoms with E-state index in [1.165, 1.54) is 4.31 Å². The van der Waals surface area contributed by atoms with Crippen LogP contribution in [0.15, 0.2) is 33.6 Å². The van der Waals surface area contributed by atoms with E-state index in [9.17, 15) is 13.2 Å². The molecule has 1 aliphatic heterocycles. The maximum absolute atomic E-state index is 12.4. The number of hydrogen-bond donors (Lipinski definition) is 0. The third kappa shape index (κ3) is 2.81. The van der Waals surface area contributed by atoms with Crippen molar-refractivity contribution in [2.24, 2.45) is 5.92 Å². The van der Waals surface area contributed by atoms with Crippen LogP contribution in [0.2, 0.25) is 0 Å². The van der Waals surface area contributed by atoms with Gasteiger partial charge < -0.3 is 4.79 Å². The van der Waals surface area contributed by atoms with E-state index in [4.69, 9.17) is 0 Å². The van der Waals surface area contributed by atoms with E-state index in [0.717, 1.165) is 23.6 Å². The number of hydrogen-bond acceptors (Lipinski definition) is 3. The molecular weight excluding hydrogens is 318 g/mol. The second kappa shape index (κ2) is 5.50. The average molecular weight is 332 g/mol. The summed E-state index contributed by atoms with van der Waals surface area (Å²) in [5.74, 6) is -0.177. The number of rotatable bonds is 3. The third-order valence-corrected chi connectivity index (χ3v) is 5.47. The SMILES string of the molecule is O=CC1CCCN(S(=O)(=O)c2ccc(Br)cc2)C1. The Hall–Kier alpha value is -0.720. The summed E-state index contributed by atoms with van der Waals surface area (Å²) in [6.45, 7) is 0.782. The van der Waals surface area contributed by atoms with Crippen LogP contribution in [0, 0.1) is 5.92 Å². The van der Waals surface area contributed by atoms with E-state index in [-0.39, 0.29) is 10.8 Å². The van der Waals surface area contributed by atoms with Crippen LogP contribution in [0.5, 0.6) is 0 Å². The van der Waals surface area contributed by atoms with Gasteiger partial charge in [0.15, 0.2) is 0 Å².